The highest BCUT2D eigenvalue weighted by atomic mass is 16.6. The van der Waals surface area contributed by atoms with Crippen LogP contribution in [0.5, 0.6) is 0 Å². The van der Waals surface area contributed by atoms with E-state index in [4.69, 9.17) is 4.74 Å². The summed E-state index contributed by atoms with van der Waals surface area (Å²) in [5.41, 5.74) is -0.906. The number of esters is 1. The van der Waals surface area contributed by atoms with E-state index < -0.39 is 11.6 Å². The van der Waals surface area contributed by atoms with Gasteiger partial charge in [-0.2, -0.15) is 0 Å². The molecule has 0 aromatic heterocycles. The third kappa shape index (κ3) is 4.17. The van der Waals surface area contributed by atoms with Crippen LogP contribution < -0.4 is 0 Å². The van der Waals surface area contributed by atoms with Gasteiger partial charge in [-0.05, 0) is 37.5 Å². The van der Waals surface area contributed by atoms with E-state index in [9.17, 15) is 14.7 Å². The highest BCUT2D eigenvalue weighted by molar-refractivity contribution is 5.98. The van der Waals surface area contributed by atoms with Crippen LogP contribution in [0.2, 0.25) is 0 Å². The maximum atomic E-state index is 13.0. The lowest BCUT2D eigenvalue weighted by molar-refractivity contribution is -0.183. The number of rotatable bonds is 6. The fraction of sp³-hybridized carbons (Fsp3) is 0.636. The smallest absolute Gasteiger partial charge is 0.339 e. The number of carbonyl (C=O) groups excluding carboxylic acids is 2. The predicted octanol–water partition coefficient (Wildman–Crippen LogP) is 4.30. The van der Waals surface area contributed by atoms with Crippen LogP contribution in [0.25, 0.3) is 0 Å². The molecule has 0 radical (unpaired) electrons. The second-order valence-electron chi connectivity index (χ2n) is 7.86. The fourth-order valence-electron chi connectivity index (χ4n) is 4.71. The first kappa shape index (κ1) is 19.1. The Hall–Kier alpha value is -1.68. The van der Waals surface area contributed by atoms with Crippen molar-refractivity contribution in [1.82, 2.24) is 0 Å². The van der Waals surface area contributed by atoms with Crippen molar-refractivity contribution >= 4 is 11.8 Å². The summed E-state index contributed by atoms with van der Waals surface area (Å²) >= 11 is 0. The van der Waals surface area contributed by atoms with Gasteiger partial charge in [0.25, 0.3) is 0 Å². The average Bonchev–Trinajstić information content (AvgIpc) is 2.73. The molecule has 2 aliphatic carbocycles. The van der Waals surface area contributed by atoms with Gasteiger partial charge in [-0.15, -0.1) is 0 Å². The van der Waals surface area contributed by atoms with Crippen molar-refractivity contribution in [1.29, 1.82) is 0 Å². The minimum atomic E-state index is -1.43. The van der Waals surface area contributed by atoms with Crippen LogP contribution >= 0.6 is 0 Å². The number of hydrogen-bond donors (Lipinski definition) is 1. The largest absolute Gasteiger partial charge is 0.455 e. The minimum absolute atomic E-state index is 0.0429. The summed E-state index contributed by atoms with van der Waals surface area (Å²) in [5, 5.41) is 11.5. The molecule has 2 aliphatic rings. The number of ether oxygens (including phenoxy) is 1. The van der Waals surface area contributed by atoms with Gasteiger partial charge in [0.1, 0.15) is 0 Å². The van der Waals surface area contributed by atoms with Gasteiger partial charge in [-0.25, -0.2) is 4.79 Å². The number of benzene rings is 1. The second kappa shape index (κ2) is 8.81. The molecule has 4 nitrogen and oxygen atoms in total. The first-order valence-electron chi connectivity index (χ1n) is 10.1. The van der Waals surface area contributed by atoms with E-state index in [1.165, 1.54) is 12.8 Å². The molecule has 0 saturated heterocycles. The summed E-state index contributed by atoms with van der Waals surface area (Å²) < 4.78 is 5.39. The molecular weight excluding hydrogens is 328 g/mol. The summed E-state index contributed by atoms with van der Waals surface area (Å²) in [4.78, 5) is 25.2. The van der Waals surface area contributed by atoms with Crippen molar-refractivity contribution in [3.05, 3.63) is 35.9 Å². The standard InChI is InChI=1S/C22H30O4/c23-20(17-10-4-1-5-11-17)16-26-21(24)22(25,18-12-6-2-7-13-18)19-14-8-3-9-15-19/h1,4-5,10-11,18-19,25H,2-3,6-9,12-16H2. The maximum Gasteiger partial charge on any atom is 0.339 e. The van der Waals surface area contributed by atoms with Gasteiger partial charge in [0.05, 0.1) is 0 Å². The Bertz CT molecular complexity index is 580. The van der Waals surface area contributed by atoms with Gasteiger partial charge in [0.15, 0.2) is 18.0 Å². The van der Waals surface area contributed by atoms with Crippen LogP contribution in [0.15, 0.2) is 30.3 Å². The number of ketones is 1. The van der Waals surface area contributed by atoms with Crippen LogP contribution in [0.3, 0.4) is 0 Å². The van der Waals surface area contributed by atoms with E-state index in [2.05, 4.69) is 0 Å². The van der Waals surface area contributed by atoms with Crippen molar-refractivity contribution < 1.29 is 19.4 Å². The maximum absolute atomic E-state index is 13.0. The molecule has 1 N–H and O–H groups in total. The lowest BCUT2D eigenvalue weighted by Crippen LogP contribution is -2.54. The molecule has 0 heterocycles. The molecule has 26 heavy (non-hydrogen) atoms. The molecule has 2 fully saturated rings. The van der Waals surface area contributed by atoms with E-state index in [0.717, 1.165) is 51.4 Å². The van der Waals surface area contributed by atoms with Crippen LogP contribution in [-0.2, 0) is 9.53 Å². The zero-order valence-electron chi connectivity index (χ0n) is 15.5. The second-order valence-corrected chi connectivity index (χ2v) is 7.86. The number of hydrogen-bond acceptors (Lipinski definition) is 4. The summed E-state index contributed by atoms with van der Waals surface area (Å²) in [5.74, 6) is -0.897. The van der Waals surface area contributed by atoms with E-state index >= 15 is 0 Å². The zero-order valence-corrected chi connectivity index (χ0v) is 15.5. The van der Waals surface area contributed by atoms with Crippen LogP contribution in [0, 0.1) is 11.8 Å². The van der Waals surface area contributed by atoms with Gasteiger partial charge < -0.3 is 9.84 Å². The molecule has 3 rings (SSSR count). The summed E-state index contributed by atoms with van der Waals surface area (Å²) in [7, 11) is 0. The monoisotopic (exact) mass is 358 g/mol. The van der Waals surface area contributed by atoms with Crippen LogP contribution in [-0.4, -0.2) is 29.1 Å². The van der Waals surface area contributed by atoms with Crippen LogP contribution in [0.4, 0.5) is 0 Å². The predicted molar refractivity (Wildman–Crippen MR) is 99.8 cm³/mol. The van der Waals surface area contributed by atoms with E-state index in [0.29, 0.717) is 5.56 Å². The third-order valence-corrected chi connectivity index (χ3v) is 6.21. The molecule has 0 bridgehead atoms. The Kier molecular flexibility index (Phi) is 6.47. The lowest BCUT2D eigenvalue weighted by atomic mass is 9.66. The van der Waals surface area contributed by atoms with Gasteiger partial charge in [-0.1, -0.05) is 68.9 Å². The highest BCUT2D eigenvalue weighted by Crippen LogP contribution is 2.43. The lowest BCUT2D eigenvalue weighted by Gasteiger charge is -2.43. The molecule has 1 aromatic rings. The zero-order chi connectivity index (χ0) is 18.4. The number of Topliss-reactive ketones (excluding diaryl/α,β-unsaturated/α-hetero) is 1. The van der Waals surface area contributed by atoms with E-state index in [-0.39, 0.29) is 24.2 Å². The van der Waals surface area contributed by atoms with Gasteiger partial charge in [0, 0.05) is 5.56 Å². The Morgan fingerprint density at radius 2 is 1.38 bits per heavy atom. The van der Waals surface area contributed by atoms with Crippen molar-refractivity contribution in [3.63, 3.8) is 0 Å². The van der Waals surface area contributed by atoms with Crippen molar-refractivity contribution in [2.24, 2.45) is 11.8 Å². The van der Waals surface area contributed by atoms with Gasteiger partial charge >= 0.3 is 5.97 Å². The fourth-order valence-corrected chi connectivity index (χ4v) is 4.71. The SMILES string of the molecule is O=C(COC(=O)C(O)(C1CCCCC1)C1CCCCC1)c1ccccc1. The normalized spacial score (nSPS) is 19.9. The average molecular weight is 358 g/mol. The Morgan fingerprint density at radius 1 is 0.885 bits per heavy atom. The Labute approximate surface area is 155 Å². The minimum Gasteiger partial charge on any atom is -0.455 e. The molecule has 2 saturated carbocycles. The van der Waals surface area contributed by atoms with Crippen molar-refractivity contribution in [2.45, 2.75) is 69.8 Å². The van der Waals surface area contributed by atoms with E-state index in [1.54, 1.807) is 24.3 Å². The molecule has 0 atom stereocenters. The highest BCUT2D eigenvalue weighted by Gasteiger charge is 2.51. The van der Waals surface area contributed by atoms with Gasteiger partial charge in [-0.3, -0.25) is 4.79 Å². The Morgan fingerprint density at radius 3 is 1.88 bits per heavy atom. The molecule has 0 spiro atoms. The molecule has 142 valence electrons. The Balaban J connectivity index is 1.70. The number of carbonyl (C=O) groups is 2. The third-order valence-electron chi connectivity index (χ3n) is 6.21. The number of aliphatic hydroxyl groups is 1. The molecule has 0 aliphatic heterocycles. The molecular formula is C22H30O4. The van der Waals surface area contributed by atoms with Crippen molar-refractivity contribution in [2.75, 3.05) is 6.61 Å². The molecule has 1 aromatic carbocycles. The summed E-state index contributed by atoms with van der Waals surface area (Å²) in [6.45, 7) is -0.301. The summed E-state index contributed by atoms with van der Waals surface area (Å²) in [6, 6.07) is 8.84. The van der Waals surface area contributed by atoms with Gasteiger partial charge in [0.2, 0.25) is 0 Å². The van der Waals surface area contributed by atoms with Crippen molar-refractivity contribution in [3.8, 4) is 0 Å². The van der Waals surface area contributed by atoms with Crippen LogP contribution in [0.1, 0.15) is 74.6 Å². The van der Waals surface area contributed by atoms with E-state index in [1.807, 2.05) is 6.07 Å². The first-order valence-corrected chi connectivity index (χ1v) is 10.1. The molecule has 4 heteroatoms. The molecule has 0 unspecified atom stereocenters. The first-order chi connectivity index (χ1) is 12.6. The summed E-state index contributed by atoms with van der Waals surface area (Å²) in [6.07, 6.45) is 10.0. The topological polar surface area (TPSA) is 63.6 Å². The quantitative estimate of drug-likeness (QED) is 0.608. The molecule has 0 amide bonds.